The van der Waals surface area contributed by atoms with Gasteiger partial charge in [0.05, 0.1) is 0 Å². The van der Waals surface area contributed by atoms with Gasteiger partial charge in [-0.05, 0) is 5.41 Å². The second kappa shape index (κ2) is 3.65. The lowest BCUT2D eigenvalue weighted by molar-refractivity contribution is 0.298. The Hall–Kier alpha value is -1.59. The molecule has 0 atom stereocenters. The lowest BCUT2D eigenvalue weighted by atomic mass is 9.74. The summed E-state index contributed by atoms with van der Waals surface area (Å²) in [5, 5.41) is 35.1. The Morgan fingerprint density at radius 3 is 1.64 bits per heavy atom. The van der Waals surface area contributed by atoms with E-state index >= 15 is 0 Å². The van der Waals surface area contributed by atoms with Crippen LogP contribution in [0.5, 0.6) is 0 Å². The molecule has 0 aromatic carbocycles. The first-order chi connectivity index (χ1) is 6.54. The van der Waals surface area contributed by atoms with Crippen LogP contribution in [0.2, 0.25) is 0 Å². The molecule has 6 nitrogen and oxygen atoms in total. The minimum atomic E-state index is -0.169. The lowest BCUT2D eigenvalue weighted by Gasteiger charge is -2.30. The van der Waals surface area contributed by atoms with Gasteiger partial charge in [0.2, 0.25) is 0 Å². The summed E-state index contributed by atoms with van der Waals surface area (Å²) >= 11 is 0. The number of nitrogens with zero attached hydrogens (tertiary/aromatic N) is 3. The van der Waals surface area contributed by atoms with Gasteiger partial charge < -0.3 is 15.6 Å². The van der Waals surface area contributed by atoms with Crippen molar-refractivity contribution in [2.24, 2.45) is 20.9 Å². The van der Waals surface area contributed by atoms with Gasteiger partial charge in [-0.3, -0.25) is 0 Å². The molecule has 0 saturated heterocycles. The van der Waals surface area contributed by atoms with Crippen LogP contribution in [0.25, 0.3) is 0 Å². The first kappa shape index (κ1) is 10.5. The standard InChI is InChI=1S/C8H13N3O3/c1-8(2)3-5(9-12)7(11-14)6(4-8)10-13/h12-14H,3-4H2,1-2H3/b9-5+,10-6+. The number of rotatable bonds is 0. The van der Waals surface area contributed by atoms with Crippen LogP contribution in [-0.4, -0.2) is 32.8 Å². The summed E-state index contributed by atoms with van der Waals surface area (Å²) in [5.74, 6) is 0. The molecule has 14 heavy (non-hydrogen) atoms. The molecule has 0 aromatic heterocycles. The van der Waals surface area contributed by atoms with Crippen LogP contribution in [0, 0.1) is 5.41 Å². The second-order valence-electron chi connectivity index (χ2n) is 4.06. The Balaban J connectivity index is 3.11. The van der Waals surface area contributed by atoms with E-state index in [1.807, 2.05) is 13.8 Å². The topological polar surface area (TPSA) is 97.8 Å². The summed E-state index contributed by atoms with van der Waals surface area (Å²) in [5.41, 5.74) is 0.347. The highest BCUT2D eigenvalue weighted by molar-refractivity contribution is 6.69. The van der Waals surface area contributed by atoms with Crippen LogP contribution < -0.4 is 0 Å². The van der Waals surface area contributed by atoms with Crippen LogP contribution in [-0.2, 0) is 0 Å². The highest BCUT2D eigenvalue weighted by atomic mass is 16.4. The molecule has 0 unspecified atom stereocenters. The van der Waals surface area contributed by atoms with Crippen LogP contribution in [0.3, 0.4) is 0 Å². The van der Waals surface area contributed by atoms with E-state index in [2.05, 4.69) is 15.5 Å². The van der Waals surface area contributed by atoms with Crippen LogP contribution in [0.4, 0.5) is 0 Å². The van der Waals surface area contributed by atoms with Gasteiger partial charge in [0.15, 0.2) is 5.71 Å². The van der Waals surface area contributed by atoms with Gasteiger partial charge in [-0.25, -0.2) is 0 Å². The zero-order chi connectivity index (χ0) is 10.8. The van der Waals surface area contributed by atoms with Crippen molar-refractivity contribution in [2.45, 2.75) is 26.7 Å². The molecule has 0 spiro atoms. The maximum atomic E-state index is 8.70. The summed E-state index contributed by atoms with van der Waals surface area (Å²) in [7, 11) is 0. The molecular weight excluding hydrogens is 186 g/mol. The van der Waals surface area contributed by atoms with Crippen molar-refractivity contribution in [3.8, 4) is 0 Å². The van der Waals surface area contributed by atoms with Crippen molar-refractivity contribution < 1.29 is 15.6 Å². The maximum Gasteiger partial charge on any atom is 0.152 e. The van der Waals surface area contributed by atoms with Gasteiger partial charge in [0.25, 0.3) is 0 Å². The Kier molecular flexibility index (Phi) is 2.73. The van der Waals surface area contributed by atoms with E-state index in [1.54, 1.807) is 0 Å². The van der Waals surface area contributed by atoms with Gasteiger partial charge in [-0.15, -0.1) is 0 Å². The fourth-order valence-electron chi connectivity index (χ4n) is 1.58. The van der Waals surface area contributed by atoms with E-state index in [4.69, 9.17) is 15.6 Å². The van der Waals surface area contributed by atoms with E-state index in [1.165, 1.54) is 0 Å². The van der Waals surface area contributed by atoms with Gasteiger partial charge in [-0.2, -0.15) is 0 Å². The third-order valence-electron chi connectivity index (χ3n) is 2.18. The van der Waals surface area contributed by atoms with Crippen molar-refractivity contribution >= 4 is 17.1 Å². The Labute approximate surface area is 81.2 Å². The Bertz CT molecular complexity index is 292. The average Bonchev–Trinajstić information content (AvgIpc) is 2.15. The number of hydrogen-bond donors (Lipinski definition) is 3. The second-order valence-corrected chi connectivity index (χ2v) is 4.06. The molecule has 1 rings (SSSR count). The highest BCUT2D eigenvalue weighted by Gasteiger charge is 2.35. The first-order valence-corrected chi connectivity index (χ1v) is 4.19. The van der Waals surface area contributed by atoms with E-state index in [0.717, 1.165) is 0 Å². The first-order valence-electron chi connectivity index (χ1n) is 4.19. The lowest BCUT2D eigenvalue weighted by Crippen LogP contribution is -2.38. The van der Waals surface area contributed by atoms with Crippen LogP contribution in [0.1, 0.15) is 26.7 Å². The van der Waals surface area contributed by atoms with Crippen LogP contribution >= 0.6 is 0 Å². The number of hydrogen-bond acceptors (Lipinski definition) is 6. The summed E-state index contributed by atoms with van der Waals surface area (Å²) in [6.07, 6.45) is 0.948. The quantitative estimate of drug-likeness (QED) is 0.405. The molecule has 0 radical (unpaired) electrons. The normalized spacial score (nSPS) is 26.9. The molecule has 1 aliphatic carbocycles. The molecule has 0 aromatic rings. The fourth-order valence-corrected chi connectivity index (χ4v) is 1.58. The van der Waals surface area contributed by atoms with E-state index < -0.39 is 0 Å². The van der Waals surface area contributed by atoms with Crippen molar-refractivity contribution in [3.05, 3.63) is 0 Å². The molecule has 1 aliphatic rings. The molecule has 6 heteroatoms. The van der Waals surface area contributed by atoms with Gasteiger partial charge in [0.1, 0.15) is 11.4 Å². The molecule has 78 valence electrons. The zero-order valence-electron chi connectivity index (χ0n) is 8.10. The third kappa shape index (κ3) is 1.84. The molecule has 0 aliphatic heterocycles. The average molecular weight is 199 g/mol. The predicted octanol–water partition coefficient (Wildman–Crippen LogP) is 1.30. The summed E-state index contributed by atoms with van der Waals surface area (Å²) in [6, 6.07) is 0. The fraction of sp³-hybridized carbons (Fsp3) is 0.625. The van der Waals surface area contributed by atoms with Crippen molar-refractivity contribution in [1.82, 2.24) is 0 Å². The minimum Gasteiger partial charge on any atom is -0.411 e. The van der Waals surface area contributed by atoms with Crippen molar-refractivity contribution in [3.63, 3.8) is 0 Å². The van der Waals surface area contributed by atoms with Crippen molar-refractivity contribution in [1.29, 1.82) is 0 Å². The maximum absolute atomic E-state index is 8.70. The molecule has 3 N–H and O–H groups in total. The smallest absolute Gasteiger partial charge is 0.152 e. The summed E-state index contributed by atoms with van der Waals surface area (Å²) in [4.78, 5) is 0. The van der Waals surface area contributed by atoms with E-state index in [9.17, 15) is 0 Å². The zero-order valence-corrected chi connectivity index (χ0v) is 8.10. The van der Waals surface area contributed by atoms with Gasteiger partial charge >= 0.3 is 0 Å². The Morgan fingerprint density at radius 1 is 0.929 bits per heavy atom. The predicted molar refractivity (Wildman–Crippen MR) is 50.7 cm³/mol. The largest absolute Gasteiger partial charge is 0.411 e. The van der Waals surface area contributed by atoms with Gasteiger partial charge in [0, 0.05) is 12.8 Å². The highest BCUT2D eigenvalue weighted by Crippen LogP contribution is 2.31. The molecular formula is C8H13N3O3. The van der Waals surface area contributed by atoms with Crippen molar-refractivity contribution in [2.75, 3.05) is 0 Å². The number of oxime groups is 3. The Morgan fingerprint density at radius 2 is 1.36 bits per heavy atom. The van der Waals surface area contributed by atoms with Gasteiger partial charge in [-0.1, -0.05) is 29.3 Å². The molecule has 0 amide bonds. The molecule has 1 saturated carbocycles. The summed E-state index contributed by atoms with van der Waals surface area (Å²) < 4.78 is 0. The van der Waals surface area contributed by atoms with E-state index in [-0.39, 0.29) is 22.6 Å². The SMILES string of the molecule is CC1(C)C/C(=N\O)C(=NO)/C(=N/O)C1. The molecule has 0 bridgehead atoms. The van der Waals surface area contributed by atoms with Crippen LogP contribution in [0.15, 0.2) is 15.5 Å². The minimum absolute atomic E-state index is 0.0503. The monoisotopic (exact) mass is 199 g/mol. The van der Waals surface area contributed by atoms with E-state index in [0.29, 0.717) is 12.8 Å². The molecule has 1 fully saturated rings. The summed E-state index contributed by atoms with van der Waals surface area (Å²) in [6.45, 7) is 3.88. The third-order valence-corrected chi connectivity index (χ3v) is 2.18. The molecule has 0 heterocycles.